The Balaban J connectivity index is 1.82. The van der Waals surface area contributed by atoms with Gasteiger partial charge in [-0.1, -0.05) is 53.5 Å². The fourth-order valence-electron chi connectivity index (χ4n) is 1.91. The van der Waals surface area contributed by atoms with Gasteiger partial charge >= 0.3 is 0 Å². The summed E-state index contributed by atoms with van der Waals surface area (Å²) in [5.41, 5.74) is 1.35. The largest absolute Gasteiger partial charge is 0.351 e. The molecule has 0 heterocycles. The Labute approximate surface area is 151 Å². The van der Waals surface area contributed by atoms with E-state index in [4.69, 9.17) is 23.2 Å². The maximum atomic E-state index is 12.0. The number of amides is 1. The van der Waals surface area contributed by atoms with Crippen molar-refractivity contribution in [3.8, 4) is 0 Å². The second-order valence-electron chi connectivity index (χ2n) is 5.07. The molecule has 2 rings (SSSR count). The van der Waals surface area contributed by atoms with Gasteiger partial charge in [-0.15, -0.1) is 0 Å². The van der Waals surface area contributed by atoms with E-state index in [1.165, 1.54) is 0 Å². The van der Waals surface area contributed by atoms with Crippen molar-refractivity contribution in [2.75, 3.05) is 6.54 Å². The number of sulfonamides is 1. The van der Waals surface area contributed by atoms with Crippen molar-refractivity contribution in [2.45, 2.75) is 12.3 Å². The molecule has 8 heteroatoms. The van der Waals surface area contributed by atoms with Gasteiger partial charge in [0.25, 0.3) is 0 Å². The first kappa shape index (κ1) is 18.7. The first-order valence-corrected chi connectivity index (χ1v) is 9.48. The number of hydrogen-bond acceptors (Lipinski definition) is 3. The van der Waals surface area contributed by atoms with Gasteiger partial charge in [-0.3, -0.25) is 4.79 Å². The highest BCUT2D eigenvalue weighted by Gasteiger charge is 2.15. The third-order valence-corrected chi connectivity index (χ3v) is 5.05. The van der Waals surface area contributed by atoms with E-state index in [0.29, 0.717) is 22.2 Å². The van der Waals surface area contributed by atoms with Crippen LogP contribution < -0.4 is 10.0 Å². The molecule has 1 amide bonds. The normalized spacial score (nSPS) is 11.2. The van der Waals surface area contributed by atoms with Gasteiger partial charge in [-0.2, -0.15) is 0 Å². The predicted molar refractivity (Wildman–Crippen MR) is 95.4 cm³/mol. The Morgan fingerprint density at radius 1 is 1.00 bits per heavy atom. The molecule has 0 fully saturated rings. The van der Waals surface area contributed by atoms with Gasteiger partial charge < -0.3 is 5.32 Å². The monoisotopic (exact) mass is 386 g/mol. The van der Waals surface area contributed by atoms with Crippen molar-refractivity contribution in [3.05, 3.63) is 69.7 Å². The number of carbonyl (C=O) groups is 1. The zero-order valence-corrected chi connectivity index (χ0v) is 15.0. The molecule has 0 bridgehead atoms. The van der Waals surface area contributed by atoms with E-state index in [0.717, 1.165) is 5.56 Å². The van der Waals surface area contributed by atoms with Crippen LogP contribution in [0.1, 0.15) is 11.1 Å². The minimum atomic E-state index is -3.65. The van der Waals surface area contributed by atoms with Crippen LogP contribution in [0.3, 0.4) is 0 Å². The van der Waals surface area contributed by atoms with Crippen LogP contribution in [-0.4, -0.2) is 20.9 Å². The molecule has 2 aromatic carbocycles. The Morgan fingerprint density at radius 3 is 2.33 bits per heavy atom. The molecule has 0 atom stereocenters. The molecule has 2 N–H and O–H groups in total. The van der Waals surface area contributed by atoms with Crippen LogP contribution in [0.2, 0.25) is 10.0 Å². The predicted octanol–water partition coefficient (Wildman–Crippen LogP) is 2.73. The molecule has 0 spiro atoms. The number of hydrogen-bond donors (Lipinski definition) is 2. The van der Waals surface area contributed by atoms with E-state index in [-0.39, 0.29) is 12.3 Å². The molecule has 128 valence electrons. The highest BCUT2D eigenvalue weighted by Crippen LogP contribution is 2.17. The van der Waals surface area contributed by atoms with Crippen molar-refractivity contribution >= 4 is 39.1 Å². The van der Waals surface area contributed by atoms with Crippen molar-refractivity contribution in [3.63, 3.8) is 0 Å². The average molecular weight is 387 g/mol. The molecule has 0 aromatic heterocycles. The summed E-state index contributed by atoms with van der Waals surface area (Å²) in [6.45, 7) is -0.0391. The van der Waals surface area contributed by atoms with Gasteiger partial charge in [0.05, 0.1) is 12.3 Å². The van der Waals surface area contributed by atoms with E-state index < -0.39 is 15.9 Å². The summed E-state index contributed by atoms with van der Waals surface area (Å²) < 4.78 is 26.3. The molecule has 0 radical (unpaired) electrons. The number of rotatable bonds is 7. The van der Waals surface area contributed by atoms with Crippen LogP contribution in [0.25, 0.3) is 0 Å². The smallest absolute Gasteiger partial charge is 0.235 e. The fraction of sp³-hybridized carbons (Fsp3) is 0.188. The molecule has 0 unspecified atom stereocenters. The molecule has 0 saturated heterocycles. The van der Waals surface area contributed by atoms with Gasteiger partial charge in [-0.05, 0) is 29.3 Å². The molecule has 0 saturated carbocycles. The molecule has 0 aliphatic rings. The minimum absolute atomic E-state index is 0.281. The summed E-state index contributed by atoms with van der Waals surface area (Å²) in [4.78, 5) is 11.8. The fourth-order valence-corrected chi connectivity index (χ4v) is 3.43. The number of carbonyl (C=O) groups excluding carboxylic acids is 1. The van der Waals surface area contributed by atoms with E-state index in [1.807, 2.05) is 0 Å². The minimum Gasteiger partial charge on any atom is -0.351 e. The van der Waals surface area contributed by atoms with Crippen molar-refractivity contribution in [1.29, 1.82) is 0 Å². The molecule has 5 nitrogen and oxygen atoms in total. The molecule has 0 aliphatic carbocycles. The van der Waals surface area contributed by atoms with Gasteiger partial charge in [0.15, 0.2) is 0 Å². The summed E-state index contributed by atoms with van der Waals surface area (Å²) in [6.07, 6.45) is 0. The van der Waals surface area contributed by atoms with E-state index in [1.54, 1.807) is 48.5 Å². The zero-order valence-electron chi connectivity index (χ0n) is 12.6. The summed E-state index contributed by atoms with van der Waals surface area (Å²) >= 11 is 11.7. The first-order chi connectivity index (χ1) is 11.4. The highest BCUT2D eigenvalue weighted by molar-refractivity contribution is 7.88. The van der Waals surface area contributed by atoms with Crippen LogP contribution in [0.5, 0.6) is 0 Å². The van der Waals surface area contributed by atoms with Crippen LogP contribution in [0, 0.1) is 0 Å². The Morgan fingerprint density at radius 2 is 1.67 bits per heavy atom. The van der Waals surface area contributed by atoms with Crippen molar-refractivity contribution in [2.24, 2.45) is 0 Å². The van der Waals surface area contributed by atoms with Crippen molar-refractivity contribution in [1.82, 2.24) is 10.0 Å². The van der Waals surface area contributed by atoms with Gasteiger partial charge in [0.2, 0.25) is 15.9 Å². The van der Waals surface area contributed by atoms with Crippen molar-refractivity contribution < 1.29 is 13.2 Å². The van der Waals surface area contributed by atoms with E-state index >= 15 is 0 Å². The van der Waals surface area contributed by atoms with Gasteiger partial charge in [0, 0.05) is 16.6 Å². The molecule has 0 aliphatic heterocycles. The van der Waals surface area contributed by atoms with Crippen LogP contribution in [-0.2, 0) is 27.1 Å². The first-order valence-electron chi connectivity index (χ1n) is 7.07. The number of halogens is 2. The molecule has 24 heavy (non-hydrogen) atoms. The number of benzene rings is 2. The average Bonchev–Trinajstić information content (AvgIpc) is 2.54. The molecular weight excluding hydrogens is 371 g/mol. The Kier molecular flexibility index (Phi) is 6.62. The zero-order chi connectivity index (χ0) is 17.6. The van der Waals surface area contributed by atoms with E-state index in [2.05, 4.69) is 10.0 Å². The van der Waals surface area contributed by atoms with Gasteiger partial charge in [-0.25, -0.2) is 13.1 Å². The topological polar surface area (TPSA) is 75.3 Å². The molecule has 2 aromatic rings. The highest BCUT2D eigenvalue weighted by atomic mass is 35.5. The standard InChI is InChI=1S/C16H16Cl2N2O3S/c17-14-7-5-12(6-8-14)9-19-16(21)10-20-24(22,23)11-13-3-1-2-4-15(13)18/h1-8,20H,9-11H2,(H,19,21). The SMILES string of the molecule is O=C(CNS(=O)(=O)Cc1ccccc1Cl)NCc1ccc(Cl)cc1. The third kappa shape index (κ3) is 6.13. The van der Waals surface area contributed by atoms with Gasteiger partial charge in [0.1, 0.15) is 0 Å². The lowest BCUT2D eigenvalue weighted by Gasteiger charge is -2.09. The third-order valence-electron chi connectivity index (χ3n) is 3.16. The Hall–Kier alpha value is -1.60. The lowest BCUT2D eigenvalue weighted by molar-refractivity contribution is -0.120. The van der Waals surface area contributed by atoms with Crippen LogP contribution in [0.4, 0.5) is 0 Å². The summed E-state index contributed by atoms with van der Waals surface area (Å²) in [5.74, 6) is -0.704. The number of nitrogens with one attached hydrogen (secondary N) is 2. The molecular formula is C16H16Cl2N2O3S. The second-order valence-corrected chi connectivity index (χ2v) is 7.73. The van der Waals surface area contributed by atoms with Crippen LogP contribution >= 0.6 is 23.2 Å². The summed E-state index contributed by atoms with van der Waals surface area (Å²) in [7, 11) is -3.65. The van der Waals surface area contributed by atoms with E-state index in [9.17, 15) is 13.2 Å². The summed E-state index contributed by atoms with van der Waals surface area (Å²) in [5, 5.41) is 3.61. The lowest BCUT2D eigenvalue weighted by atomic mass is 10.2. The second kappa shape index (κ2) is 8.48. The maximum Gasteiger partial charge on any atom is 0.235 e. The van der Waals surface area contributed by atoms with Crippen LogP contribution in [0.15, 0.2) is 48.5 Å². The maximum absolute atomic E-state index is 12.0. The summed E-state index contributed by atoms with van der Waals surface area (Å²) in [6, 6.07) is 13.7. The Bertz CT molecular complexity index is 808. The quantitative estimate of drug-likeness (QED) is 0.767. The lowest BCUT2D eigenvalue weighted by Crippen LogP contribution is -2.37.